The number of carbonyl (C=O) groups is 1. The molecule has 2 rings (SSSR count). The quantitative estimate of drug-likeness (QED) is 0.591. The highest BCUT2D eigenvalue weighted by atomic mass is 16.8. The van der Waals surface area contributed by atoms with Gasteiger partial charge in [0.1, 0.15) is 12.7 Å². The largest absolute Gasteiger partial charge is 0.460 e. The van der Waals surface area contributed by atoms with Crippen LogP contribution in [0.5, 0.6) is 0 Å². The van der Waals surface area contributed by atoms with Gasteiger partial charge >= 0.3 is 5.97 Å². The number of carbonyl (C=O) groups excluding carboxylic acids is 1. The summed E-state index contributed by atoms with van der Waals surface area (Å²) in [5.41, 5.74) is 5.81. The van der Waals surface area contributed by atoms with E-state index < -0.39 is 11.8 Å². The molecule has 0 aromatic heterocycles. The van der Waals surface area contributed by atoms with Gasteiger partial charge in [0.15, 0.2) is 5.79 Å². The van der Waals surface area contributed by atoms with E-state index >= 15 is 0 Å². The molecular weight excluding hydrogens is 222 g/mol. The Hall–Kier alpha value is -1.07. The zero-order chi connectivity index (χ0) is 12.3. The first kappa shape index (κ1) is 12.4. The number of nitrogens with two attached hydrogens (primary N) is 1. The molecule has 5 heteroatoms. The van der Waals surface area contributed by atoms with Crippen molar-refractivity contribution in [3.63, 3.8) is 0 Å². The van der Waals surface area contributed by atoms with Gasteiger partial charge in [-0.15, -0.1) is 0 Å². The molecule has 1 unspecified atom stereocenters. The maximum Gasteiger partial charge on any atom is 0.332 e. The zero-order valence-electron chi connectivity index (χ0n) is 10.1. The molecule has 2 fully saturated rings. The van der Waals surface area contributed by atoms with Gasteiger partial charge in [-0.25, -0.2) is 4.79 Å². The molecule has 1 spiro atoms. The summed E-state index contributed by atoms with van der Waals surface area (Å²) in [5.74, 6) is -0.822. The summed E-state index contributed by atoms with van der Waals surface area (Å²) in [6.45, 7) is 2.37. The summed E-state index contributed by atoms with van der Waals surface area (Å²) >= 11 is 0. The zero-order valence-corrected chi connectivity index (χ0v) is 10.1. The molecule has 2 aliphatic rings. The molecule has 0 amide bonds. The Morgan fingerprint density at radius 1 is 1.53 bits per heavy atom. The fraction of sp³-hybridized carbons (Fsp3) is 0.750. The van der Waals surface area contributed by atoms with E-state index in [2.05, 4.69) is 0 Å². The molecule has 2 N–H and O–H groups in total. The lowest BCUT2D eigenvalue weighted by Crippen LogP contribution is -2.28. The summed E-state index contributed by atoms with van der Waals surface area (Å²) in [6.07, 6.45) is 5.28. The van der Waals surface area contributed by atoms with E-state index in [9.17, 15) is 4.79 Å². The third kappa shape index (κ3) is 3.20. The van der Waals surface area contributed by atoms with Crippen molar-refractivity contribution in [3.05, 3.63) is 11.8 Å². The second-order valence-corrected chi connectivity index (χ2v) is 4.69. The maximum atomic E-state index is 11.2. The average molecular weight is 241 g/mol. The molecule has 5 nitrogen and oxygen atoms in total. The van der Waals surface area contributed by atoms with Gasteiger partial charge in [-0.1, -0.05) is 0 Å². The van der Waals surface area contributed by atoms with Gasteiger partial charge < -0.3 is 19.9 Å². The summed E-state index contributed by atoms with van der Waals surface area (Å²) < 4.78 is 16.5. The third-order valence-corrected chi connectivity index (χ3v) is 3.04. The number of hydrogen-bond acceptors (Lipinski definition) is 5. The van der Waals surface area contributed by atoms with E-state index in [0.717, 1.165) is 25.7 Å². The standard InChI is InChI=1S/C12H19NO4/c1-9(13)6-11(14)15-7-10-8-16-12(17-10)4-2-3-5-12/h6,10H,2-5,7-8,13H2,1H3/b9-6-. The van der Waals surface area contributed by atoms with Crippen molar-refractivity contribution in [3.8, 4) is 0 Å². The molecule has 0 aromatic carbocycles. The van der Waals surface area contributed by atoms with Crippen LogP contribution in [-0.2, 0) is 19.0 Å². The van der Waals surface area contributed by atoms with Crippen LogP contribution in [0.25, 0.3) is 0 Å². The van der Waals surface area contributed by atoms with Crippen LogP contribution in [0.15, 0.2) is 11.8 Å². The molecule has 96 valence electrons. The maximum absolute atomic E-state index is 11.2. The highest BCUT2D eigenvalue weighted by Gasteiger charge is 2.43. The molecular formula is C12H19NO4. The Bertz CT molecular complexity index is 316. The van der Waals surface area contributed by atoms with Crippen molar-refractivity contribution in [2.75, 3.05) is 13.2 Å². The lowest BCUT2D eigenvalue weighted by molar-refractivity contribution is -0.170. The Morgan fingerprint density at radius 3 is 2.88 bits per heavy atom. The summed E-state index contributed by atoms with van der Waals surface area (Å²) in [4.78, 5) is 11.2. The van der Waals surface area contributed by atoms with Crippen molar-refractivity contribution < 1.29 is 19.0 Å². The number of allylic oxidation sites excluding steroid dienone is 1. The minimum absolute atomic E-state index is 0.150. The van der Waals surface area contributed by atoms with Gasteiger partial charge in [0.2, 0.25) is 0 Å². The summed E-state index contributed by atoms with van der Waals surface area (Å²) in [5, 5.41) is 0. The number of ether oxygens (including phenoxy) is 3. The van der Waals surface area contributed by atoms with Crippen LogP contribution in [0, 0.1) is 0 Å². The normalized spacial score (nSPS) is 27.6. The van der Waals surface area contributed by atoms with E-state index in [1.54, 1.807) is 6.92 Å². The van der Waals surface area contributed by atoms with Crippen molar-refractivity contribution in [1.29, 1.82) is 0 Å². The monoisotopic (exact) mass is 241 g/mol. The van der Waals surface area contributed by atoms with Crippen LogP contribution in [0.4, 0.5) is 0 Å². The first-order chi connectivity index (χ1) is 8.10. The topological polar surface area (TPSA) is 70.8 Å². The smallest absolute Gasteiger partial charge is 0.332 e. The van der Waals surface area contributed by atoms with Gasteiger partial charge in [-0.3, -0.25) is 0 Å². The molecule has 1 aliphatic carbocycles. The minimum Gasteiger partial charge on any atom is -0.460 e. The number of esters is 1. The lowest BCUT2D eigenvalue weighted by atomic mass is 10.2. The Morgan fingerprint density at radius 2 is 2.24 bits per heavy atom. The summed E-state index contributed by atoms with van der Waals surface area (Å²) in [6, 6.07) is 0. The van der Waals surface area contributed by atoms with Crippen molar-refractivity contribution in [2.24, 2.45) is 5.73 Å². The molecule has 1 atom stereocenters. The average Bonchev–Trinajstić information content (AvgIpc) is 2.86. The fourth-order valence-corrected chi connectivity index (χ4v) is 2.28. The van der Waals surface area contributed by atoms with Crippen molar-refractivity contribution >= 4 is 5.97 Å². The number of rotatable bonds is 3. The van der Waals surface area contributed by atoms with Crippen LogP contribution in [-0.4, -0.2) is 31.1 Å². The van der Waals surface area contributed by atoms with E-state index in [1.807, 2.05) is 0 Å². The van der Waals surface area contributed by atoms with E-state index in [-0.39, 0.29) is 12.7 Å². The van der Waals surface area contributed by atoms with Crippen molar-refractivity contribution in [2.45, 2.75) is 44.5 Å². The van der Waals surface area contributed by atoms with Crippen LogP contribution in [0.1, 0.15) is 32.6 Å². The fourth-order valence-electron chi connectivity index (χ4n) is 2.28. The molecule has 0 radical (unpaired) electrons. The molecule has 1 saturated heterocycles. The van der Waals surface area contributed by atoms with Crippen LogP contribution in [0.2, 0.25) is 0 Å². The predicted molar refractivity (Wildman–Crippen MR) is 60.9 cm³/mol. The van der Waals surface area contributed by atoms with Crippen molar-refractivity contribution in [1.82, 2.24) is 0 Å². The second kappa shape index (κ2) is 5.06. The second-order valence-electron chi connectivity index (χ2n) is 4.69. The highest BCUT2D eigenvalue weighted by Crippen LogP contribution is 2.39. The first-order valence-corrected chi connectivity index (χ1v) is 6.02. The summed E-state index contributed by atoms with van der Waals surface area (Å²) in [7, 11) is 0. The number of hydrogen-bond donors (Lipinski definition) is 1. The highest BCUT2D eigenvalue weighted by molar-refractivity contribution is 5.82. The molecule has 0 bridgehead atoms. The predicted octanol–water partition coefficient (Wildman–Crippen LogP) is 1.08. The molecule has 1 saturated carbocycles. The molecule has 17 heavy (non-hydrogen) atoms. The van der Waals surface area contributed by atoms with E-state index in [1.165, 1.54) is 6.08 Å². The van der Waals surface area contributed by atoms with Gasteiger partial charge in [-0.2, -0.15) is 0 Å². The van der Waals surface area contributed by atoms with E-state index in [0.29, 0.717) is 12.3 Å². The van der Waals surface area contributed by atoms with Crippen LogP contribution in [0.3, 0.4) is 0 Å². The van der Waals surface area contributed by atoms with Gasteiger partial charge in [0.05, 0.1) is 6.61 Å². The lowest BCUT2D eigenvalue weighted by Gasteiger charge is -2.21. The molecule has 0 aromatic rings. The van der Waals surface area contributed by atoms with Crippen LogP contribution < -0.4 is 5.73 Å². The van der Waals surface area contributed by atoms with Gasteiger partial charge in [-0.05, 0) is 19.8 Å². The molecule has 1 heterocycles. The van der Waals surface area contributed by atoms with Gasteiger partial charge in [0.25, 0.3) is 0 Å². The minimum atomic E-state index is -0.430. The Balaban J connectivity index is 1.75. The molecule has 1 aliphatic heterocycles. The van der Waals surface area contributed by atoms with Gasteiger partial charge in [0, 0.05) is 24.6 Å². The Kier molecular flexibility index (Phi) is 3.69. The van der Waals surface area contributed by atoms with Crippen LogP contribution >= 0.6 is 0 Å². The SMILES string of the molecule is C/C(N)=C/C(=O)OCC1COC2(CCCC2)O1. The third-order valence-electron chi connectivity index (χ3n) is 3.04. The van der Waals surface area contributed by atoms with E-state index in [4.69, 9.17) is 19.9 Å². The Labute approximate surface area is 101 Å². The first-order valence-electron chi connectivity index (χ1n) is 6.02.